The number of rotatable bonds is 5. The summed E-state index contributed by atoms with van der Waals surface area (Å²) >= 11 is 5.90. The largest absolute Gasteiger partial charge is 0.444 e. The Balaban J connectivity index is 1.53. The Hall–Kier alpha value is -3.12. The van der Waals surface area contributed by atoms with Gasteiger partial charge in [-0.3, -0.25) is 19.1 Å². The number of carbonyl (C=O) groups is 4. The van der Waals surface area contributed by atoms with Crippen LogP contribution >= 0.6 is 11.6 Å². The quantitative estimate of drug-likeness (QED) is 0.418. The lowest BCUT2D eigenvalue weighted by Crippen LogP contribution is -2.58. The first-order valence-corrected chi connectivity index (χ1v) is 16.8. The minimum absolute atomic E-state index is 0.237. The van der Waals surface area contributed by atoms with E-state index < -0.39 is 56.9 Å². The van der Waals surface area contributed by atoms with Crippen LogP contribution in [0.15, 0.2) is 36.4 Å². The number of amides is 4. The SMILES string of the molecule is CC(C)(C)OC(=O)N[C@H]1CCCCCC=C[C@@H]2C[C@@]2(C(=O)NS(=O)(=O)Cc2ccc(Cl)cc2)NC(=O)[C@@H]2CCCN2C1=O. The van der Waals surface area contributed by atoms with Gasteiger partial charge in [-0.05, 0) is 77.0 Å². The molecule has 236 valence electrons. The topological polar surface area (TPSA) is 151 Å². The van der Waals surface area contributed by atoms with Crippen molar-refractivity contribution in [3.8, 4) is 0 Å². The van der Waals surface area contributed by atoms with Crippen molar-refractivity contribution in [2.24, 2.45) is 5.92 Å². The normalized spacial score (nSPS) is 26.7. The molecule has 1 saturated heterocycles. The molecule has 4 amide bonds. The standard InChI is InChI=1S/C30H41ClN4O7S/c1-29(2,3)42-28(39)32-23-11-8-6-4-5-7-10-21-18-30(21,33-25(36)24-12-9-17-35(24)26(23)37)27(38)34-43(40,41)19-20-13-15-22(31)16-14-20/h7,10,13-16,21,23-24H,4-6,8-9,11-12,17-19H2,1-3H3,(H,32,39)(H,33,36)(H,34,38)/t21-,23+,24+,30-/m1/s1. The van der Waals surface area contributed by atoms with Gasteiger partial charge in [0.15, 0.2) is 0 Å². The summed E-state index contributed by atoms with van der Waals surface area (Å²) in [7, 11) is -4.08. The maximum absolute atomic E-state index is 13.7. The highest BCUT2D eigenvalue weighted by Gasteiger charge is 2.61. The Morgan fingerprint density at radius 3 is 2.51 bits per heavy atom. The van der Waals surface area contributed by atoms with Gasteiger partial charge in [0.2, 0.25) is 21.8 Å². The van der Waals surface area contributed by atoms with Crippen LogP contribution in [0, 0.1) is 5.92 Å². The third-order valence-electron chi connectivity index (χ3n) is 7.84. The predicted molar refractivity (Wildman–Crippen MR) is 161 cm³/mol. The van der Waals surface area contributed by atoms with Crippen LogP contribution in [0.2, 0.25) is 5.02 Å². The van der Waals surface area contributed by atoms with Gasteiger partial charge in [-0.15, -0.1) is 0 Å². The smallest absolute Gasteiger partial charge is 0.408 e. The number of ether oxygens (including phenoxy) is 1. The third kappa shape index (κ3) is 8.72. The molecule has 2 fully saturated rings. The number of allylic oxidation sites excluding steroid dienone is 1. The molecule has 43 heavy (non-hydrogen) atoms. The second-order valence-corrected chi connectivity index (χ2v) is 14.7. The van der Waals surface area contributed by atoms with E-state index in [1.165, 1.54) is 4.90 Å². The van der Waals surface area contributed by atoms with Crippen LogP contribution < -0.4 is 15.4 Å². The highest BCUT2D eigenvalue weighted by atomic mass is 35.5. The predicted octanol–water partition coefficient (Wildman–Crippen LogP) is 3.57. The van der Waals surface area contributed by atoms with Gasteiger partial charge in [-0.25, -0.2) is 13.2 Å². The van der Waals surface area contributed by atoms with E-state index in [1.807, 2.05) is 12.2 Å². The lowest BCUT2D eigenvalue weighted by Gasteiger charge is -2.30. The Morgan fingerprint density at radius 2 is 1.81 bits per heavy atom. The summed E-state index contributed by atoms with van der Waals surface area (Å²) in [5.74, 6) is -2.54. The van der Waals surface area contributed by atoms with E-state index in [0.717, 1.165) is 12.8 Å². The zero-order valence-corrected chi connectivity index (χ0v) is 26.4. The highest BCUT2D eigenvalue weighted by Crippen LogP contribution is 2.45. The van der Waals surface area contributed by atoms with Gasteiger partial charge in [0, 0.05) is 17.5 Å². The van der Waals surface area contributed by atoms with E-state index in [4.69, 9.17) is 16.3 Å². The lowest BCUT2D eigenvalue weighted by atomic mass is 10.0. The van der Waals surface area contributed by atoms with E-state index in [9.17, 15) is 27.6 Å². The van der Waals surface area contributed by atoms with Gasteiger partial charge in [-0.1, -0.05) is 48.7 Å². The molecule has 11 nitrogen and oxygen atoms in total. The Labute approximate surface area is 258 Å². The summed E-state index contributed by atoms with van der Waals surface area (Å²) in [6.45, 7) is 5.53. The van der Waals surface area contributed by atoms with Crippen LogP contribution in [0.25, 0.3) is 0 Å². The molecule has 0 bridgehead atoms. The summed E-state index contributed by atoms with van der Waals surface area (Å²) in [6, 6.07) is 4.54. The van der Waals surface area contributed by atoms with Crippen molar-refractivity contribution in [3.05, 3.63) is 47.0 Å². The minimum atomic E-state index is -4.08. The maximum Gasteiger partial charge on any atom is 0.408 e. The number of benzene rings is 1. The van der Waals surface area contributed by atoms with Gasteiger partial charge < -0.3 is 20.3 Å². The van der Waals surface area contributed by atoms with Crippen LogP contribution in [-0.4, -0.2) is 66.9 Å². The molecule has 1 aromatic carbocycles. The second-order valence-electron chi connectivity index (χ2n) is 12.5. The van der Waals surface area contributed by atoms with Crippen molar-refractivity contribution >= 4 is 45.4 Å². The molecular weight excluding hydrogens is 596 g/mol. The molecule has 0 spiro atoms. The number of carbonyl (C=O) groups excluding carboxylic acids is 4. The molecule has 4 atom stereocenters. The van der Waals surface area contributed by atoms with E-state index in [-0.39, 0.29) is 18.2 Å². The molecule has 0 unspecified atom stereocenters. The maximum atomic E-state index is 13.7. The zero-order valence-electron chi connectivity index (χ0n) is 24.9. The fourth-order valence-corrected chi connectivity index (χ4v) is 6.91. The number of nitrogens with one attached hydrogen (secondary N) is 3. The molecule has 2 heterocycles. The lowest BCUT2D eigenvalue weighted by molar-refractivity contribution is -0.141. The fraction of sp³-hybridized carbons (Fsp3) is 0.600. The summed E-state index contributed by atoms with van der Waals surface area (Å²) in [5.41, 5.74) is -1.74. The number of hydrogen-bond acceptors (Lipinski definition) is 7. The van der Waals surface area contributed by atoms with Crippen molar-refractivity contribution in [1.82, 2.24) is 20.3 Å². The third-order valence-corrected chi connectivity index (χ3v) is 9.31. The van der Waals surface area contributed by atoms with E-state index in [1.54, 1.807) is 45.0 Å². The Kier molecular flexibility index (Phi) is 10.1. The molecule has 2 aliphatic heterocycles. The Morgan fingerprint density at radius 1 is 1.09 bits per heavy atom. The van der Waals surface area contributed by atoms with E-state index >= 15 is 0 Å². The van der Waals surface area contributed by atoms with Crippen molar-refractivity contribution < 1.29 is 32.3 Å². The van der Waals surface area contributed by atoms with Gasteiger partial charge in [0.05, 0.1) is 5.75 Å². The molecule has 4 rings (SSSR count). The zero-order chi connectivity index (χ0) is 31.4. The van der Waals surface area contributed by atoms with Crippen molar-refractivity contribution in [1.29, 1.82) is 0 Å². The summed E-state index contributed by atoms with van der Waals surface area (Å²) in [5, 5.41) is 5.98. The fourth-order valence-electron chi connectivity index (χ4n) is 5.61. The highest BCUT2D eigenvalue weighted by molar-refractivity contribution is 7.89. The van der Waals surface area contributed by atoms with E-state index in [2.05, 4.69) is 15.4 Å². The first-order valence-electron chi connectivity index (χ1n) is 14.8. The summed E-state index contributed by atoms with van der Waals surface area (Å²) < 4.78 is 33.4. The molecule has 1 aliphatic carbocycles. The molecule has 3 N–H and O–H groups in total. The van der Waals surface area contributed by atoms with Crippen LogP contribution in [0.1, 0.15) is 77.7 Å². The van der Waals surface area contributed by atoms with Crippen molar-refractivity contribution in [3.63, 3.8) is 0 Å². The van der Waals surface area contributed by atoms with Crippen LogP contribution in [-0.2, 0) is 34.9 Å². The van der Waals surface area contributed by atoms with Gasteiger partial charge in [0.25, 0.3) is 5.91 Å². The number of sulfonamides is 1. The number of alkyl carbamates (subject to hydrolysis) is 1. The van der Waals surface area contributed by atoms with Crippen LogP contribution in [0.3, 0.4) is 0 Å². The molecule has 13 heteroatoms. The van der Waals surface area contributed by atoms with Crippen LogP contribution in [0.5, 0.6) is 0 Å². The number of nitrogens with zero attached hydrogens (tertiary/aromatic N) is 1. The molecule has 3 aliphatic rings. The average Bonchev–Trinajstić information content (AvgIpc) is 3.36. The molecular formula is C30H41ClN4O7S. The second kappa shape index (κ2) is 13.3. The number of fused-ring (bicyclic) bond motifs is 2. The minimum Gasteiger partial charge on any atom is -0.444 e. The van der Waals surface area contributed by atoms with Crippen molar-refractivity contribution in [2.75, 3.05) is 6.54 Å². The molecule has 1 saturated carbocycles. The average molecular weight is 637 g/mol. The summed E-state index contributed by atoms with van der Waals surface area (Å²) in [6.07, 6.45) is 7.71. The molecule has 1 aromatic rings. The molecule has 0 radical (unpaired) electrons. The number of hydrogen-bond donors (Lipinski definition) is 3. The van der Waals surface area contributed by atoms with Gasteiger partial charge in [0.1, 0.15) is 23.2 Å². The van der Waals surface area contributed by atoms with Crippen molar-refractivity contribution in [2.45, 2.75) is 101 Å². The first kappa shape index (κ1) is 32.8. The van der Waals surface area contributed by atoms with Gasteiger partial charge >= 0.3 is 6.09 Å². The summed E-state index contributed by atoms with van der Waals surface area (Å²) in [4.78, 5) is 54.9. The van der Waals surface area contributed by atoms with Gasteiger partial charge in [-0.2, -0.15) is 0 Å². The van der Waals surface area contributed by atoms with E-state index in [0.29, 0.717) is 49.2 Å². The molecule has 0 aromatic heterocycles. The van der Waals surface area contributed by atoms with Crippen LogP contribution in [0.4, 0.5) is 4.79 Å². The monoisotopic (exact) mass is 636 g/mol. The first-order chi connectivity index (χ1) is 20.2. The number of halogens is 1. The Bertz CT molecular complexity index is 1360.